The van der Waals surface area contributed by atoms with Crippen molar-refractivity contribution in [2.45, 2.75) is 32.4 Å². The number of nitrogens with zero attached hydrogens (tertiary/aromatic N) is 2. The van der Waals surface area contributed by atoms with Crippen molar-refractivity contribution in [2.75, 3.05) is 19.6 Å². The number of hydrogen-bond donors (Lipinski definition) is 3. The lowest BCUT2D eigenvalue weighted by Gasteiger charge is -2.35. The minimum atomic E-state index is 0.647. The maximum absolute atomic E-state index is 4.70. The summed E-state index contributed by atoms with van der Waals surface area (Å²) in [5.41, 5.74) is 8.99. The second-order valence-corrected chi connectivity index (χ2v) is 6.84. The number of benzene rings is 1. The standard InChI is InChI=1S/C17H25N5/c1-12-10-18-21-17(12)13-6-8-22(9-7-13)11-16-19-14-4-2-3-5-15(14)20-16/h2-5,12-13,17-18,21H,6-11H2,1H3,(H,19,20). The van der Waals surface area contributed by atoms with Crippen LogP contribution in [0.1, 0.15) is 25.6 Å². The summed E-state index contributed by atoms with van der Waals surface area (Å²) < 4.78 is 0. The van der Waals surface area contributed by atoms with E-state index in [1.54, 1.807) is 0 Å². The van der Waals surface area contributed by atoms with Gasteiger partial charge < -0.3 is 4.98 Å². The number of piperidine rings is 1. The third kappa shape index (κ3) is 2.76. The van der Waals surface area contributed by atoms with Gasteiger partial charge in [-0.25, -0.2) is 4.98 Å². The molecular formula is C17H25N5. The molecule has 22 heavy (non-hydrogen) atoms. The molecule has 2 aliphatic rings. The van der Waals surface area contributed by atoms with Crippen LogP contribution in [0.4, 0.5) is 0 Å². The maximum atomic E-state index is 4.70. The Morgan fingerprint density at radius 2 is 2.05 bits per heavy atom. The fourth-order valence-corrected chi connectivity index (χ4v) is 3.95. The molecule has 1 aromatic carbocycles. The summed E-state index contributed by atoms with van der Waals surface area (Å²) in [7, 11) is 0. The third-order valence-electron chi connectivity index (χ3n) is 5.26. The number of H-pyrrole nitrogens is 1. The van der Waals surface area contributed by atoms with Crippen LogP contribution in [-0.2, 0) is 6.54 Å². The molecule has 2 aliphatic heterocycles. The lowest BCUT2D eigenvalue weighted by atomic mass is 9.84. The molecule has 2 fully saturated rings. The van der Waals surface area contributed by atoms with Crippen LogP contribution < -0.4 is 10.9 Å². The quantitative estimate of drug-likeness (QED) is 0.810. The molecule has 3 N–H and O–H groups in total. The third-order valence-corrected chi connectivity index (χ3v) is 5.26. The summed E-state index contributed by atoms with van der Waals surface area (Å²) >= 11 is 0. The lowest BCUT2D eigenvalue weighted by molar-refractivity contribution is 0.144. The van der Waals surface area contributed by atoms with E-state index in [2.05, 4.69) is 45.9 Å². The highest BCUT2D eigenvalue weighted by atomic mass is 15.4. The Labute approximate surface area is 131 Å². The summed E-state index contributed by atoms with van der Waals surface area (Å²) in [5, 5.41) is 0. The number of hydrogen-bond acceptors (Lipinski definition) is 4. The Hall–Kier alpha value is -1.43. The number of hydrazine groups is 1. The average molecular weight is 299 g/mol. The number of imidazole rings is 1. The highest BCUT2D eigenvalue weighted by Crippen LogP contribution is 2.27. The molecule has 2 atom stereocenters. The Morgan fingerprint density at radius 1 is 1.23 bits per heavy atom. The minimum absolute atomic E-state index is 0.647. The summed E-state index contributed by atoms with van der Waals surface area (Å²) in [6.07, 6.45) is 2.56. The van der Waals surface area contributed by atoms with E-state index in [9.17, 15) is 0 Å². The predicted octanol–water partition coefficient (Wildman–Crippen LogP) is 1.89. The van der Waals surface area contributed by atoms with E-state index in [1.807, 2.05) is 6.07 Å². The first-order chi connectivity index (χ1) is 10.8. The van der Waals surface area contributed by atoms with Gasteiger partial charge in [0.05, 0.1) is 17.6 Å². The first-order valence-corrected chi connectivity index (χ1v) is 8.44. The van der Waals surface area contributed by atoms with Crippen molar-refractivity contribution >= 4 is 11.0 Å². The van der Waals surface area contributed by atoms with Gasteiger partial charge in [-0.1, -0.05) is 19.1 Å². The predicted molar refractivity (Wildman–Crippen MR) is 88.2 cm³/mol. The summed E-state index contributed by atoms with van der Waals surface area (Å²) in [5.74, 6) is 2.64. The molecule has 0 radical (unpaired) electrons. The van der Waals surface area contributed by atoms with Gasteiger partial charge in [0.2, 0.25) is 0 Å². The minimum Gasteiger partial charge on any atom is -0.341 e. The molecule has 2 aromatic rings. The van der Waals surface area contributed by atoms with Gasteiger partial charge >= 0.3 is 0 Å². The molecule has 5 heteroatoms. The molecule has 1 aromatic heterocycles. The van der Waals surface area contributed by atoms with Gasteiger partial charge in [-0.2, -0.15) is 0 Å². The monoisotopic (exact) mass is 299 g/mol. The van der Waals surface area contributed by atoms with Gasteiger partial charge in [-0.3, -0.25) is 15.8 Å². The van der Waals surface area contributed by atoms with E-state index in [0.717, 1.165) is 41.8 Å². The molecule has 0 saturated carbocycles. The highest BCUT2D eigenvalue weighted by molar-refractivity contribution is 5.74. The van der Waals surface area contributed by atoms with Gasteiger partial charge in [-0.15, -0.1) is 0 Å². The van der Waals surface area contributed by atoms with Crippen molar-refractivity contribution in [2.24, 2.45) is 11.8 Å². The van der Waals surface area contributed by atoms with Crippen LogP contribution in [0.25, 0.3) is 11.0 Å². The van der Waals surface area contributed by atoms with Crippen molar-refractivity contribution in [3.05, 3.63) is 30.1 Å². The van der Waals surface area contributed by atoms with Crippen molar-refractivity contribution in [1.29, 1.82) is 0 Å². The normalized spacial score (nSPS) is 27.7. The van der Waals surface area contributed by atoms with Crippen molar-refractivity contribution < 1.29 is 0 Å². The van der Waals surface area contributed by atoms with Gasteiger partial charge in [0, 0.05) is 12.6 Å². The second kappa shape index (κ2) is 5.99. The highest BCUT2D eigenvalue weighted by Gasteiger charge is 2.32. The smallest absolute Gasteiger partial charge is 0.121 e. The van der Waals surface area contributed by atoms with E-state index in [1.165, 1.54) is 25.9 Å². The number of likely N-dealkylation sites (tertiary alicyclic amines) is 1. The van der Waals surface area contributed by atoms with Gasteiger partial charge in [0.25, 0.3) is 0 Å². The van der Waals surface area contributed by atoms with Crippen LogP contribution in [0.3, 0.4) is 0 Å². The number of fused-ring (bicyclic) bond motifs is 1. The molecule has 0 spiro atoms. The van der Waals surface area contributed by atoms with Crippen LogP contribution in [0.15, 0.2) is 24.3 Å². The Kier molecular flexibility index (Phi) is 3.86. The fraction of sp³-hybridized carbons (Fsp3) is 0.588. The van der Waals surface area contributed by atoms with E-state index in [0.29, 0.717) is 6.04 Å². The summed E-state index contributed by atoms with van der Waals surface area (Å²) in [6.45, 7) is 6.73. The number of nitrogens with one attached hydrogen (secondary N) is 3. The van der Waals surface area contributed by atoms with E-state index in [4.69, 9.17) is 4.98 Å². The number of aromatic nitrogens is 2. The molecule has 0 aliphatic carbocycles. The van der Waals surface area contributed by atoms with Crippen LogP contribution in [0.5, 0.6) is 0 Å². The lowest BCUT2D eigenvalue weighted by Crippen LogP contribution is -2.44. The zero-order valence-electron chi connectivity index (χ0n) is 13.2. The molecule has 3 heterocycles. The zero-order valence-corrected chi connectivity index (χ0v) is 13.2. The summed E-state index contributed by atoms with van der Waals surface area (Å²) in [4.78, 5) is 10.7. The molecule has 2 unspecified atom stereocenters. The largest absolute Gasteiger partial charge is 0.341 e. The molecule has 4 rings (SSSR count). The second-order valence-electron chi connectivity index (χ2n) is 6.84. The van der Waals surface area contributed by atoms with Crippen LogP contribution in [0, 0.1) is 11.8 Å². The fourth-order valence-electron chi connectivity index (χ4n) is 3.95. The van der Waals surface area contributed by atoms with E-state index < -0.39 is 0 Å². The Morgan fingerprint density at radius 3 is 2.77 bits per heavy atom. The number of rotatable bonds is 3. The zero-order chi connectivity index (χ0) is 14.9. The maximum Gasteiger partial charge on any atom is 0.121 e. The summed E-state index contributed by atoms with van der Waals surface area (Å²) in [6, 6.07) is 8.91. The molecule has 0 amide bonds. The Bertz CT molecular complexity index is 596. The average Bonchev–Trinajstić information content (AvgIpc) is 3.13. The topological polar surface area (TPSA) is 56.0 Å². The van der Waals surface area contributed by atoms with Gasteiger partial charge in [-0.05, 0) is 49.9 Å². The molecule has 5 nitrogen and oxygen atoms in total. The van der Waals surface area contributed by atoms with Crippen molar-refractivity contribution in [3.63, 3.8) is 0 Å². The van der Waals surface area contributed by atoms with Crippen LogP contribution in [0.2, 0.25) is 0 Å². The van der Waals surface area contributed by atoms with E-state index in [-0.39, 0.29) is 0 Å². The SMILES string of the molecule is CC1CNNC1C1CCN(Cc2nc3ccccc3[nH]2)CC1. The van der Waals surface area contributed by atoms with Crippen molar-refractivity contribution in [3.8, 4) is 0 Å². The van der Waals surface area contributed by atoms with Gasteiger partial charge in [0.1, 0.15) is 5.82 Å². The van der Waals surface area contributed by atoms with E-state index >= 15 is 0 Å². The van der Waals surface area contributed by atoms with Crippen LogP contribution in [-0.4, -0.2) is 40.5 Å². The van der Waals surface area contributed by atoms with Crippen LogP contribution >= 0.6 is 0 Å². The number of aromatic amines is 1. The molecule has 0 bridgehead atoms. The molecular weight excluding hydrogens is 274 g/mol. The molecule has 118 valence electrons. The Balaban J connectivity index is 1.35. The van der Waals surface area contributed by atoms with Crippen molar-refractivity contribution in [1.82, 2.24) is 25.7 Å². The first-order valence-electron chi connectivity index (χ1n) is 8.44. The molecule has 2 saturated heterocycles. The van der Waals surface area contributed by atoms with Gasteiger partial charge in [0.15, 0.2) is 0 Å². The number of para-hydroxylation sites is 2. The first kappa shape index (κ1) is 14.2.